The Bertz CT molecular complexity index is 440. The zero-order valence-electron chi connectivity index (χ0n) is 11.3. The number of imidazole rings is 1. The molecule has 0 saturated heterocycles. The van der Waals surface area contributed by atoms with Gasteiger partial charge in [-0.25, -0.2) is 4.98 Å². The van der Waals surface area contributed by atoms with E-state index in [2.05, 4.69) is 27.2 Å². The van der Waals surface area contributed by atoms with Gasteiger partial charge in [0.25, 0.3) is 0 Å². The van der Waals surface area contributed by atoms with Crippen molar-refractivity contribution < 1.29 is 9.59 Å². The maximum absolute atomic E-state index is 11.7. The van der Waals surface area contributed by atoms with Crippen LogP contribution in [0.3, 0.4) is 0 Å². The highest BCUT2D eigenvalue weighted by atomic mass is 16.2. The Morgan fingerprint density at radius 2 is 2.21 bits per heavy atom. The van der Waals surface area contributed by atoms with Gasteiger partial charge in [-0.1, -0.05) is 6.58 Å². The summed E-state index contributed by atoms with van der Waals surface area (Å²) >= 11 is 0. The van der Waals surface area contributed by atoms with Gasteiger partial charge in [0.1, 0.15) is 0 Å². The number of ketones is 1. The lowest BCUT2D eigenvalue weighted by atomic mass is 10.1. The minimum absolute atomic E-state index is 0.0733. The van der Waals surface area contributed by atoms with Crippen molar-refractivity contribution in [2.24, 2.45) is 0 Å². The smallest absolute Gasteiger partial charge is 0.222 e. The predicted molar refractivity (Wildman–Crippen MR) is 72.3 cm³/mol. The predicted octanol–water partition coefficient (Wildman–Crippen LogP) is 0.539. The minimum Gasteiger partial charge on any atom is -0.389 e. The molecule has 6 nitrogen and oxygen atoms in total. The lowest BCUT2D eigenvalue weighted by Crippen LogP contribution is -2.42. The van der Waals surface area contributed by atoms with Crippen LogP contribution >= 0.6 is 0 Å². The maximum Gasteiger partial charge on any atom is 0.222 e. The average Bonchev–Trinajstić information content (AvgIpc) is 2.80. The summed E-state index contributed by atoms with van der Waals surface area (Å²) in [4.78, 5) is 30.0. The van der Waals surface area contributed by atoms with Gasteiger partial charge in [0.2, 0.25) is 5.91 Å². The Balaban J connectivity index is 2.42. The molecule has 0 aliphatic rings. The van der Waals surface area contributed by atoms with E-state index >= 15 is 0 Å². The first kappa shape index (κ1) is 14.9. The van der Waals surface area contributed by atoms with Crippen LogP contribution in [0.15, 0.2) is 24.8 Å². The van der Waals surface area contributed by atoms with Gasteiger partial charge in [0, 0.05) is 37.0 Å². The molecule has 0 bridgehead atoms. The first-order valence-corrected chi connectivity index (χ1v) is 6.15. The van der Waals surface area contributed by atoms with Crippen LogP contribution in [0.5, 0.6) is 0 Å². The number of H-pyrrole nitrogens is 1. The molecule has 6 heteroatoms. The van der Waals surface area contributed by atoms with Gasteiger partial charge >= 0.3 is 0 Å². The third-order valence-electron chi connectivity index (χ3n) is 2.58. The van der Waals surface area contributed by atoms with Crippen molar-refractivity contribution in [2.45, 2.75) is 32.7 Å². The number of aromatic amines is 1. The number of nitrogens with zero attached hydrogens (tertiary/aromatic N) is 1. The van der Waals surface area contributed by atoms with Gasteiger partial charge < -0.3 is 15.6 Å². The van der Waals surface area contributed by atoms with E-state index < -0.39 is 6.04 Å². The highest BCUT2D eigenvalue weighted by molar-refractivity contribution is 5.87. The molecule has 0 fully saturated rings. The van der Waals surface area contributed by atoms with Crippen LogP contribution in [0, 0.1) is 0 Å². The number of carbonyl (C=O) groups is 2. The summed E-state index contributed by atoms with van der Waals surface area (Å²) in [5.41, 5.74) is 1.63. The third kappa shape index (κ3) is 5.85. The fourth-order valence-corrected chi connectivity index (χ4v) is 1.57. The lowest BCUT2D eigenvalue weighted by Gasteiger charge is -2.15. The molecular weight excluding hydrogens is 244 g/mol. The third-order valence-corrected chi connectivity index (χ3v) is 2.58. The molecule has 3 N–H and O–H groups in total. The fourth-order valence-electron chi connectivity index (χ4n) is 1.57. The van der Waals surface area contributed by atoms with Crippen LogP contribution in [0.2, 0.25) is 0 Å². The Hall–Kier alpha value is -2.11. The average molecular weight is 264 g/mol. The summed E-state index contributed by atoms with van der Waals surface area (Å²) in [7, 11) is 0. The van der Waals surface area contributed by atoms with Crippen LogP contribution in [-0.2, 0) is 16.0 Å². The van der Waals surface area contributed by atoms with Gasteiger partial charge in [-0.2, -0.15) is 0 Å². The molecular formula is C13H20N4O2. The van der Waals surface area contributed by atoms with Crippen molar-refractivity contribution in [1.82, 2.24) is 20.6 Å². The highest BCUT2D eigenvalue weighted by Crippen LogP contribution is 2.00. The number of nitrogens with one attached hydrogen (secondary N) is 3. The van der Waals surface area contributed by atoms with E-state index in [-0.39, 0.29) is 11.7 Å². The summed E-state index contributed by atoms with van der Waals surface area (Å²) in [5, 5.41) is 5.69. The number of Topliss-reactive ketones (excluding diaryl/α,β-unsaturated/α-hetero) is 1. The molecule has 0 aliphatic carbocycles. The van der Waals surface area contributed by atoms with Crippen molar-refractivity contribution in [3.8, 4) is 0 Å². The number of rotatable bonds is 8. The van der Waals surface area contributed by atoms with E-state index in [0.29, 0.717) is 19.4 Å². The van der Waals surface area contributed by atoms with Crippen molar-refractivity contribution in [3.05, 3.63) is 30.5 Å². The number of hydrogen-bond donors (Lipinski definition) is 3. The monoisotopic (exact) mass is 264 g/mol. The number of hydrogen-bond acceptors (Lipinski definition) is 4. The Labute approximate surface area is 112 Å². The normalized spacial score (nSPS) is 11.7. The molecule has 104 valence electrons. The first-order chi connectivity index (χ1) is 8.99. The number of allylic oxidation sites excluding steroid dienone is 1. The summed E-state index contributed by atoms with van der Waals surface area (Å²) in [5.74, 6) is -0.232. The number of aromatic nitrogens is 2. The fraction of sp³-hybridized carbons (Fsp3) is 0.462. The van der Waals surface area contributed by atoms with Crippen LogP contribution in [-0.4, -0.2) is 34.2 Å². The number of amides is 1. The summed E-state index contributed by atoms with van der Waals surface area (Å²) in [6.45, 7) is 7.49. The molecule has 0 saturated carbocycles. The molecule has 1 atom stereocenters. The second kappa shape index (κ2) is 7.35. The van der Waals surface area contributed by atoms with Gasteiger partial charge in [0.05, 0.1) is 12.4 Å². The van der Waals surface area contributed by atoms with E-state index in [1.54, 1.807) is 12.5 Å². The van der Waals surface area contributed by atoms with E-state index in [9.17, 15) is 9.59 Å². The quantitative estimate of drug-likeness (QED) is 0.639. The van der Waals surface area contributed by atoms with Gasteiger partial charge in [-0.3, -0.25) is 9.59 Å². The largest absolute Gasteiger partial charge is 0.389 e. The molecule has 0 aromatic carbocycles. The molecule has 1 aromatic rings. The summed E-state index contributed by atoms with van der Waals surface area (Å²) in [6, 6.07) is -0.516. The van der Waals surface area contributed by atoms with Crippen molar-refractivity contribution >= 4 is 11.7 Å². The molecule has 1 rings (SSSR count). The summed E-state index contributed by atoms with van der Waals surface area (Å²) in [6.07, 6.45) is 3.92. The van der Waals surface area contributed by atoms with Gasteiger partial charge in [0.15, 0.2) is 5.78 Å². The van der Waals surface area contributed by atoms with Crippen LogP contribution in [0.25, 0.3) is 0 Å². The molecule has 0 aliphatic heterocycles. The lowest BCUT2D eigenvalue weighted by molar-refractivity contribution is -0.126. The van der Waals surface area contributed by atoms with Gasteiger partial charge in [-0.15, -0.1) is 0 Å². The zero-order valence-corrected chi connectivity index (χ0v) is 11.3. The number of carbonyl (C=O) groups excluding carboxylic acids is 2. The second-order valence-corrected chi connectivity index (χ2v) is 4.47. The molecule has 1 aromatic heterocycles. The Kier molecular flexibility index (Phi) is 5.78. The Morgan fingerprint density at radius 3 is 2.74 bits per heavy atom. The van der Waals surface area contributed by atoms with Crippen LogP contribution in [0.4, 0.5) is 0 Å². The van der Waals surface area contributed by atoms with E-state index in [0.717, 1.165) is 11.4 Å². The topological polar surface area (TPSA) is 86.9 Å². The SMILES string of the molecule is C=C(C)NCCC(=O)NC(Cc1cnc[nH]1)C(C)=O. The van der Waals surface area contributed by atoms with E-state index in [1.807, 2.05) is 6.92 Å². The van der Waals surface area contributed by atoms with E-state index in [4.69, 9.17) is 0 Å². The molecule has 19 heavy (non-hydrogen) atoms. The van der Waals surface area contributed by atoms with Gasteiger partial charge in [-0.05, 0) is 13.8 Å². The standard InChI is InChI=1S/C13H20N4O2/c1-9(2)15-5-4-13(19)17-12(10(3)18)6-11-7-14-8-16-11/h7-8,12,15H,1,4-6H2,2-3H3,(H,14,16)(H,17,19). The van der Waals surface area contributed by atoms with Crippen LogP contribution in [0.1, 0.15) is 26.0 Å². The molecule has 0 spiro atoms. The van der Waals surface area contributed by atoms with E-state index in [1.165, 1.54) is 6.92 Å². The van der Waals surface area contributed by atoms with Crippen molar-refractivity contribution in [1.29, 1.82) is 0 Å². The molecule has 1 heterocycles. The highest BCUT2D eigenvalue weighted by Gasteiger charge is 2.17. The maximum atomic E-state index is 11.7. The molecule has 1 unspecified atom stereocenters. The summed E-state index contributed by atoms with van der Waals surface area (Å²) < 4.78 is 0. The zero-order chi connectivity index (χ0) is 14.3. The Morgan fingerprint density at radius 1 is 1.47 bits per heavy atom. The van der Waals surface area contributed by atoms with Crippen LogP contribution < -0.4 is 10.6 Å². The first-order valence-electron chi connectivity index (χ1n) is 6.15. The minimum atomic E-state index is -0.516. The second-order valence-electron chi connectivity index (χ2n) is 4.47. The molecule has 0 radical (unpaired) electrons. The van der Waals surface area contributed by atoms with Crippen molar-refractivity contribution in [3.63, 3.8) is 0 Å². The van der Waals surface area contributed by atoms with Crippen molar-refractivity contribution in [2.75, 3.05) is 6.54 Å². The molecule has 1 amide bonds.